The zero-order chi connectivity index (χ0) is 11.7. The Balaban J connectivity index is 2.53. The van der Waals surface area contributed by atoms with Gasteiger partial charge in [0.15, 0.2) is 0 Å². The molecule has 0 spiro atoms. The third kappa shape index (κ3) is 1.92. The van der Waals surface area contributed by atoms with E-state index in [1.54, 1.807) is 22.0 Å². The van der Waals surface area contributed by atoms with Crippen LogP contribution in [-0.4, -0.2) is 15.6 Å². The summed E-state index contributed by atoms with van der Waals surface area (Å²) in [6, 6.07) is 7.45. The number of carboxylic acids is 1. The molecule has 2 rings (SSSR count). The minimum atomic E-state index is -0.885. The van der Waals surface area contributed by atoms with Crippen molar-refractivity contribution in [1.82, 2.24) is 4.57 Å². The summed E-state index contributed by atoms with van der Waals surface area (Å²) in [6.07, 6.45) is 0. The summed E-state index contributed by atoms with van der Waals surface area (Å²) in [4.78, 5) is 12.1. The Morgan fingerprint density at radius 2 is 2.19 bits per heavy atom. The van der Waals surface area contributed by atoms with E-state index >= 15 is 0 Å². The molecule has 1 N–H and O–H groups in total. The number of rotatable bonds is 3. The normalized spacial score (nSPS) is 10.6. The standard InChI is InChI=1S/C11H10BrNO2S/c1-2-13-7(3-4-8(13)11(14)15)9-5-6-10(12)16-9/h3-6H,2H2,1H3,(H,14,15). The molecular weight excluding hydrogens is 290 g/mol. The summed E-state index contributed by atoms with van der Waals surface area (Å²) in [6.45, 7) is 2.60. The van der Waals surface area contributed by atoms with E-state index in [0.29, 0.717) is 12.2 Å². The zero-order valence-electron chi connectivity index (χ0n) is 8.61. The molecule has 2 aromatic rings. The highest BCUT2D eigenvalue weighted by molar-refractivity contribution is 9.11. The van der Waals surface area contributed by atoms with Gasteiger partial charge in [0.2, 0.25) is 0 Å². The van der Waals surface area contributed by atoms with Gasteiger partial charge in [0, 0.05) is 6.54 Å². The quantitative estimate of drug-likeness (QED) is 0.939. The maximum atomic E-state index is 11.0. The molecule has 0 aromatic carbocycles. The van der Waals surface area contributed by atoms with E-state index in [-0.39, 0.29) is 0 Å². The lowest BCUT2D eigenvalue weighted by atomic mass is 10.3. The molecule has 0 bridgehead atoms. The van der Waals surface area contributed by atoms with Crippen LogP contribution < -0.4 is 0 Å². The largest absolute Gasteiger partial charge is 0.477 e. The Morgan fingerprint density at radius 3 is 2.69 bits per heavy atom. The third-order valence-electron chi connectivity index (χ3n) is 2.34. The van der Waals surface area contributed by atoms with Gasteiger partial charge in [0.1, 0.15) is 5.69 Å². The molecule has 2 heterocycles. The molecule has 0 amide bonds. The first-order chi connectivity index (χ1) is 7.63. The minimum Gasteiger partial charge on any atom is -0.477 e. The average molecular weight is 300 g/mol. The van der Waals surface area contributed by atoms with Crippen molar-refractivity contribution >= 4 is 33.2 Å². The Labute approximate surface area is 105 Å². The van der Waals surface area contributed by atoms with Gasteiger partial charge in [-0.3, -0.25) is 0 Å². The van der Waals surface area contributed by atoms with Crippen LogP contribution in [0.1, 0.15) is 17.4 Å². The number of carbonyl (C=O) groups is 1. The Hall–Kier alpha value is -1.07. The summed E-state index contributed by atoms with van der Waals surface area (Å²) in [5, 5.41) is 9.04. The molecule has 0 radical (unpaired) electrons. The highest BCUT2D eigenvalue weighted by atomic mass is 79.9. The van der Waals surface area contributed by atoms with E-state index in [1.165, 1.54) is 0 Å². The van der Waals surface area contributed by atoms with Crippen LogP contribution in [0.3, 0.4) is 0 Å². The number of halogens is 1. The number of aromatic nitrogens is 1. The molecule has 0 saturated heterocycles. The number of aromatic carboxylic acids is 1. The topological polar surface area (TPSA) is 42.2 Å². The molecule has 16 heavy (non-hydrogen) atoms. The molecule has 5 heteroatoms. The van der Waals surface area contributed by atoms with Crippen molar-refractivity contribution in [3.63, 3.8) is 0 Å². The fourth-order valence-electron chi connectivity index (χ4n) is 1.66. The molecular formula is C11H10BrNO2S. The number of hydrogen-bond donors (Lipinski definition) is 1. The predicted octanol–water partition coefficient (Wildman–Crippen LogP) is 3.70. The van der Waals surface area contributed by atoms with Crippen molar-refractivity contribution in [3.05, 3.63) is 33.7 Å². The van der Waals surface area contributed by atoms with E-state index in [0.717, 1.165) is 14.4 Å². The van der Waals surface area contributed by atoms with Crippen molar-refractivity contribution in [1.29, 1.82) is 0 Å². The maximum Gasteiger partial charge on any atom is 0.352 e. The molecule has 0 aliphatic carbocycles. The molecule has 0 saturated carbocycles. The van der Waals surface area contributed by atoms with Gasteiger partial charge >= 0.3 is 5.97 Å². The van der Waals surface area contributed by atoms with E-state index in [1.807, 2.05) is 25.1 Å². The van der Waals surface area contributed by atoms with Crippen LogP contribution in [0, 0.1) is 0 Å². The molecule has 2 aromatic heterocycles. The van der Waals surface area contributed by atoms with Gasteiger partial charge in [-0.15, -0.1) is 11.3 Å². The Bertz CT molecular complexity index is 530. The second-order valence-electron chi connectivity index (χ2n) is 3.26. The SMILES string of the molecule is CCn1c(C(=O)O)ccc1-c1ccc(Br)s1. The van der Waals surface area contributed by atoms with E-state index in [9.17, 15) is 4.79 Å². The number of nitrogens with zero attached hydrogens (tertiary/aromatic N) is 1. The summed E-state index contributed by atoms with van der Waals surface area (Å²) in [7, 11) is 0. The van der Waals surface area contributed by atoms with Crippen molar-refractivity contribution in [3.8, 4) is 10.6 Å². The highest BCUT2D eigenvalue weighted by Crippen LogP contribution is 2.32. The van der Waals surface area contributed by atoms with Gasteiger partial charge in [0.25, 0.3) is 0 Å². The van der Waals surface area contributed by atoms with Crippen LogP contribution in [0.4, 0.5) is 0 Å². The van der Waals surface area contributed by atoms with Gasteiger partial charge in [-0.2, -0.15) is 0 Å². The first-order valence-corrected chi connectivity index (χ1v) is 6.43. The Kier molecular flexibility index (Phi) is 3.16. The molecule has 0 aliphatic rings. The third-order valence-corrected chi connectivity index (χ3v) is 3.99. The monoisotopic (exact) mass is 299 g/mol. The van der Waals surface area contributed by atoms with Gasteiger partial charge in [-0.05, 0) is 47.1 Å². The van der Waals surface area contributed by atoms with Crippen LogP contribution in [0.25, 0.3) is 10.6 Å². The summed E-state index contributed by atoms with van der Waals surface area (Å²) in [5.41, 5.74) is 1.29. The first-order valence-electron chi connectivity index (χ1n) is 4.82. The second kappa shape index (κ2) is 4.43. The van der Waals surface area contributed by atoms with Crippen LogP contribution in [0.15, 0.2) is 28.1 Å². The average Bonchev–Trinajstić information content (AvgIpc) is 2.82. The lowest BCUT2D eigenvalue weighted by Gasteiger charge is -2.06. The van der Waals surface area contributed by atoms with Crippen molar-refractivity contribution in [2.45, 2.75) is 13.5 Å². The highest BCUT2D eigenvalue weighted by Gasteiger charge is 2.14. The first kappa shape index (κ1) is 11.4. The lowest BCUT2D eigenvalue weighted by molar-refractivity contribution is 0.0685. The molecule has 0 fully saturated rings. The zero-order valence-corrected chi connectivity index (χ0v) is 11.0. The van der Waals surface area contributed by atoms with Gasteiger partial charge in [-0.25, -0.2) is 4.79 Å². The van der Waals surface area contributed by atoms with E-state index in [4.69, 9.17) is 5.11 Å². The molecule has 0 aliphatic heterocycles. The molecule has 0 unspecified atom stereocenters. The van der Waals surface area contributed by atoms with Crippen molar-refractivity contribution in [2.24, 2.45) is 0 Å². The van der Waals surface area contributed by atoms with Crippen LogP contribution in [0.2, 0.25) is 0 Å². The fraction of sp³-hybridized carbons (Fsp3) is 0.182. The lowest BCUT2D eigenvalue weighted by Crippen LogP contribution is -2.07. The van der Waals surface area contributed by atoms with E-state index in [2.05, 4.69) is 15.9 Å². The van der Waals surface area contributed by atoms with Gasteiger partial charge < -0.3 is 9.67 Å². The van der Waals surface area contributed by atoms with Gasteiger partial charge in [-0.1, -0.05) is 0 Å². The Morgan fingerprint density at radius 1 is 1.44 bits per heavy atom. The number of carboxylic acid groups (broad SMARTS) is 1. The second-order valence-corrected chi connectivity index (χ2v) is 5.72. The van der Waals surface area contributed by atoms with Crippen LogP contribution in [0.5, 0.6) is 0 Å². The van der Waals surface area contributed by atoms with Crippen LogP contribution in [-0.2, 0) is 6.54 Å². The predicted molar refractivity (Wildman–Crippen MR) is 68.1 cm³/mol. The van der Waals surface area contributed by atoms with Gasteiger partial charge in [0.05, 0.1) is 14.4 Å². The van der Waals surface area contributed by atoms with E-state index < -0.39 is 5.97 Å². The molecule has 84 valence electrons. The molecule has 3 nitrogen and oxygen atoms in total. The van der Waals surface area contributed by atoms with Crippen molar-refractivity contribution < 1.29 is 9.90 Å². The minimum absolute atomic E-state index is 0.335. The van der Waals surface area contributed by atoms with Crippen molar-refractivity contribution in [2.75, 3.05) is 0 Å². The summed E-state index contributed by atoms with van der Waals surface area (Å²) < 4.78 is 2.85. The fourth-order valence-corrected chi connectivity index (χ4v) is 3.08. The smallest absolute Gasteiger partial charge is 0.352 e. The maximum absolute atomic E-state index is 11.0. The van der Waals surface area contributed by atoms with Crippen LogP contribution >= 0.6 is 27.3 Å². The number of hydrogen-bond acceptors (Lipinski definition) is 2. The number of thiophene rings is 1. The summed E-state index contributed by atoms with van der Waals surface area (Å²) in [5.74, 6) is -0.885. The summed E-state index contributed by atoms with van der Waals surface area (Å²) >= 11 is 5.00. The molecule has 0 atom stereocenters.